The van der Waals surface area contributed by atoms with Crippen molar-refractivity contribution in [1.82, 2.24) is 9.97 Å². The molecule has 0 N–H and O–H groups in total. The van der Waals surface area contributed by atoms with Crippen molar-refractivity contribution in [2.45, 2.75) is 26.7 Å². The lowest BCUT2D eigenvalue weighted by Crippen LogP contribution is -1.97. The highest BCUT2D eigenvalue weighted by Gasteiger charge is 2.04. The average Bonchev–Trinajstić information content (AvgIpc) is 2.39. The molecule has 0 saturated heterocycles. The first-order valence-corrected chi connectivity index (χ1v) is 5.74. The Morgan fingerprint density at radius 1 is 1.06 bits per heavy atom. The van der Waals surface area contributed by atoms with Crippen molar-refractivity contribution < 1.29 is 0 Å². The molecule has 0 aliphatic rings. The van der Waals surface area contributed by atoms with Crippen molar-refractivity contribution in [3.8, 4) is 11.3 Å². The maximum absolute atomic E-state index is 4.69. The van der Waals surface area contributed by atoms with Crippen LogP contribution < -0.4 is 0 Å². The molecule has 2 rings (SSSR count). The van der Waals surface area contributed by atoms with Crippen molar-refractivity contribution in [2.75, 3.05) is 0 Å². The van der Waals surface area contributed by atoms with E-state index in [4.69, 9.17) is 4.98 Å². The van der Waals surface area contributed by atoms with E-state index in [1.54, 1.807) is 6.20 Å². The Kier molecular flexibility index (Phi) is 3.30. The van der Waals surface area contributed by atoms with Gasteiger partial charge in [0.25, 0.3) is 0 Å². The predicted octanol–water partition coefficient (Wildman–Crippen LogP) is 3.27. The van der Waals surface area contributed by atoms with Crippen LogP contribution in [0.2, 0.25) is 0 Å². The van der Waals surface area contributed by atoms with Crippen molar-refractivity contribution in [1.29, 1.82) is 0 Å². The molecule has 82 valence electrons. The molecule has 0 aliphatic carbocycles. The van der Waals surface area contributed by atoms with E-state index in [9.17, 15) is 0 Å². The van der Waals surface area contributed by atoms with E-state index in [0.29, 0.717) is 0 Å². The van der Waals surface area contributed by atoms with Gasteiger partial charge in [0.05, 0.1) is 5.69 Å². The van der Waals surface area contributed by atoms with Crippen molar-refractivity contribution in [3.63, 3.8) is 0 Å². The molecular weight excluding hydrogens is 196 g/mol. The summed E-state index contributed by atoms with van der Waals surface area (Å²) in [5.74, 6) is 0. The van der Waals surface area contributed by atoms with Gasteiger partial charge in [-0.15, -0.1) is 0 Å². The summed E-state index contributed by atoms with van der Waals surface area (Å²) < 4.78 is 0. The second kappa shape index (κ2) is 4.88. The monoisotopic (exact) mass is 212 g/mol. The lowest BCUT2D eigenvalue weighted by molar-refractivity contribution is 0.967. The van der Waals surface area contributed by atoms with Crippen molar-refractivity contribution >= 4 is 0 Å². The molecule has 0 amide bonds. The smallest absolute Gasteiger partial charge is 0.0720 e. The molecule has 0 fully saturated rings. The highest BCUT2D eigenvalue weighted by Crippen LogP contribution is 2.18. The molecule has 0 aromatic carbocycles. The third kappa shape index (κ3) is 2.11. The Bertz CT molecular complexity index is 463. The van der Waals surface area contributed by atoms with Crippen LogP contribution in [-0.2, 0) is 12.8 Å². The Balaban J connectivity index is 2.44. The minimum Gasteiger partial charge on any atom is -0.264 e. The van der Waals surface area contributed by atoms with Crippen LogP contribution in [0.25, 0.3) is 11.3 Å². The number of hydrogen-bond donors (Lipinski definition) is 0. The fourth-order valence-electron chi connectivity index (χ4n) is 1.83. The van der Waals surface area contributed by atoms with Crippen molar-refractivity contribution in [2.24, 2.45) is 0 Å². The van der Waals surface area contributed by atoms with Gasteiger partial charge in [-0.2, -0.15) is 0 Å². The zero-order valence-electron chi connectivity index (χ0n) is 9.77. The van der Waals surface area contributed by atoms with Crippen LogP contribution in [0.5, 0.6) is 0 Å². The van der Waals surface area contributed by atoms with Crippen LogP contribution in [0, 0.1) is 0 Å². The van der Waals surface area contributed by atoms with Crippen LogP contribution in [-0.4, -0.2) is 9.97 Å². The fourth-order valence-corrected chi connectivity index (χ4v) is 1.83. The van der Waals surface area contributed by atoms with E-state index in [-0.39, 0.29) is 0 Å². The summed E-state index contributed by atoms with van der Waals surface area (Å²) in [6.07, 6.45) is 5.67. The summed E-state index contributed by atoms with van der Waals surface area (Å²) in [5.41, 5.74) is 4.64. The highest BCUT2D eigenvalue weighted by molar-refractivity contribution is 5.58. The molecule has 0 radical (unpaired) electrons. The van der Waals surface area contributed by atoms with Crippen LogP contribution in [0.3, 0.4) is 0 Å². The van der Waals surface area contributed by atoms with Gasteiger partial charge in [-0.3, -0.25) is 9.97 Å². The molecule has 0 unspecified atom stereocenters. The maximum atomic E-state index is 4.69. The summed E-state index contributed by atoms with van der Waals surface area (Å²) in [7, 11) is 0. The first-order chi connectivity index (χ1) is 7.85. The van der Waals surface area contributed by atoms with Gasteiger partial charge < -0.3 is 0 Å². The van der Waals surface area contributed by atoms with Gasteiger partial charge in [0.1, 0.15) is 0 Å². The van der Waals surface area contributed by atoms with Crippen LogP contribution in [0.1, 0.15) is 25.1 Å². The van der Waals surface area contributed by atoms with Crippen LogP contribution >= 0.6 is 0 Å². The summed E-state index contributed by atoms with van der Waals surface area (Å²) in [6.45, 7) is 4.31. The number of pyridine rings is 2. The fraction of sp³-hybridized carbons (Fsp3) is 0.286. The molecule has 0 aliphatic heterocycles. The third-order valence-electron chi connectivity index (χ3n) is 2.74. The molecule has 2 nitrogen and oxygen atoms in total. The molecule has 2 heterocycles. The van der Waals surface area contributed by atoms with Crippen LogP contribution in [0.4, 0.5) is 0 Å². The molecule has 0 atom stereocenters. The lowest BCUT2D eigenvalue weighted by Gasteiger charge is -2.07. The van der Waals surface area contributed by atoms with Gasteiger partial charge in [-0.1, -0.05) is 19.9 Å². The number of nitrogens with zero attached hydrogens (tertiary/aromatic N) is 2. The van der Waals surface area contributed by atoms with Gasteiger partial charge in [0.15, 0.2) is 0 Å². The molecule has 0 saturated carbocycles. The van der Waals surface area contributed by atoms with Crippen LogP contribution in [0.15, 0.2) is 36.7 Å². The molecule has 0 spiro atoms. The second-order valence-corrected chi connectivity index (χ2v) is 3.75. The summed E-state index contributed by atoms with van der Waals surface area (Å²) in [6, 6.07) is 8.24. The number of hydrogen-bond acceptors (Lipinski definition) is 2. The number of aryl methyl sites for hydroxylation is 2. The van der Waals surface area contributed by atoms with Gasteiger partial charge in [0, 0.05) is 23.7 Å². The third-order valence-corrected chi connectivity index (χ3v) is 2.74. The number of rotatable bonds is 3. The minimum atomic E-state index is 0.983. The second-order valence-electron chi connectivity index (χ2n) is 3.75. The van der Waals surface area contributed by atoms with Gasteiger partial charge >= 0.3 is 0 Å². The minimum absolute atomic E-state index is 0.983. The first-order valence-electron chi connectivity index (χ1n) is 5.74. The topological polar surface area (TPSA) is 25.8 Å². The van der Waals surface area contributed by atoms with E-state index in [0.717, 1.165) is 24.1 Å². The van der Waals surface area contributed by atoms with Gasteiger partial charge in [-0.25, -0.2) is 0 Å². The van der Waals surface area contributed by atoms with E-state index in [2.05, 4.69) is 31.0 Å². The molecule has 2 aromatic rings. The number of aromatic nitrogens is 2. The molecular formula is C14H16N2. The zero-order valence-corrected chi connectivity index (χ0v) is 9.77. The molecule has 2 heteroatoms. The summed E-state index contributed by atoms with van der Waals surface area (Å²) in [4.78, 5) is 8.81. The highest BCUT2D eigenvalue weighted by atomic mass is 14.7. The van der Waals surface area contributed by atoms with Gasteiger partial charge in [0.2, 0.25) is 0 Å². The predicted molar refractivity (Wildman–Crippen MR) is 66.2 cm³/mol. The molecule has 16 heavy (non-hydrogen) atoms. The zero-order chi connectivity index (χ0) is 11.4. The SMILES string of the molecule is CCc1ccc(-c2cccnc2)nc1CC. The van der Waals surface area contributed by atoms with E-state index in [1.165, 1.54) is 11.3 Å². The lowest BCUT2D eigenvalue weighted by atomic mass is 10.1. The Morgan fingerprint density at radius 3 is 2.56 bits per heavy atom. The summed E-state index contributed by atoms with van der Waals surface area (Å²) in [5, 5.41) is 0. The Morgan fingerprint density at radius 2 is 1.94 bits per heavy atom. The Hall–Kier alpha value is -1.70. The van der Waals surface area contributed by atoms with Crippen molar-refractivity contribution in [3.05, 3.63) is 47.9 Å². The van der Waals surface area contributed by atoms with Gasteiger partial charge in [-0.05, 0) is 36.6 Å². The normalized spacial score (nSPS) is 10.4. The average molecular weight is 212 g/mol. The molecule has 0 bridgehead atoms. The van der Waals surface area contributed by atoms with E-state index < -0.39 is 0 Å². The molecule has 2 aromatic heterocycles. The maximum Gasteiger partial charge on any atom is 0.0720 e. The first kappa shape index (κ1) is 10.8. The Labute approximate surface area is 96.4 Å². The quantitative estimate of drug-likeness (QED) is 0.780. The largest absolute Gasteiger partial charge is 0.264 e. The summed E-state index contributed by atoms with van der Waals surface area (Å²) >= 11 is 0. The van der Waals surface area contributed by atoms with E-state index >= 15 is 0 Å². The van der Waals surface area contributed by atoms with E-state index in [1.807, 2.05) is 18.3 Å². The standard InChI is InChI=1S/C14H16N2/c1-3-11-7-8-14(16-13(11)4-2)12-6-5-9-15-10-12/h5-10H,3-4H2,1-2H3.